The lowest BCUT2D eigenvalue weighted by Gasteiger charge is -2.30. The van der Waals surface area contributed by atoms with Gasteiger partial charge in [0.15, 0.2) is 0 Å². The van der Waals surface area contributed by atoms with Crippen molar-refractivity contribution in [1.29, 1.82) is 0 Å². The fourth-order valence-electron chi connectivity index (χ4n) is 3.44. The molecule has 6 nitrogen and oxygen atoms in total. The van der Waals surface area contributed by atoms with E-state index in [1.165, 1.54) is 12.4 Å². The lowest BCUT2D eigenvalue weighted by atomic mass is 10.0. The monoisotopic (exact) mass is 427 g/mol. The van der Waals surface area contributed by atoms with Gasteiger partial charge >= 0.3 is 6.18 Å². The molecular weight excluding hydrogens is 414 g/mol. The van der Waals surface area contributed by atoms with Gasteiger partial charge in [-0.05, 0) is 23.8 Å². The van der Waals surface area contributed by atoms with Gasteiger partial charge < -0.3 is 9.47 Å². The minimum absolute atomic E-state index is 0.00908. The molecule has 1 aliphatic heterocycles. The van der Waals surface area contributed by atoms with Crippen LogP contribution in [0.2, 0.25) is 5.02 Å². The average Bonchev–Trinajstić information content (AvgIpc) is 3.05. The van der Waals surface area contributed by atoms with Crippen LogP contribution in [0.1, 0.15) is 22.6 Å². The van der Waals surface area contributed by atoms with Gasteiger partial charge in [0.25, 0.3) is 5.56 Å². The van der Waals surface area contributed by atoms with E-state index in [4.69, 9.17) is 11.6 Å². The third kappa shape index (κ3) is 3.71. The Morgan fingerprint density at radius 3 is 2.76 bits per heavy atom. The highest BCUT2D eigenvalue weighted by atomic mass is 35.5. The van der Waals surface area contributed by atoms with Gasteiger partial charge in [0, 0.05) is 31.4 Å². The van der Waals surface area contributed by atoms with Crippen LogP contribution in [-0.2, 0) is 25.7 Å². The number of H-pyrrole nitrogens is 1. The van der Waals surface area contributed by atoms with E-state index in [0.717, 1.165) is 18.2 Å². The smallest absolute Gasteiger partial charge is 0.360 e. The molecule has 1 aliphatic rings. The summed E-state index contributed by atoms with van der Waals surface area (Å²) < 4.78 is 55.1. The van der Waals surface area contributed by atoms with Crippen molar-refractivity contribution in [2.75, 3.05) is 11.4 Å². The van der Waals surface area contributed by atoms with Gasteiger partial charge in [-0.15, -0.1) is 0 Å². The van der Waals surface area contributed by atoms with Crippen molar-refractivity contribution in [3.63, 3.8) is 0 Å². The van der Waals surface area contributed by atoms with Crippen molar-refractivity contribution in [3.8, 4) is 0 Å². The molecule has 1 aromatic carbocycles. The highest BCUT2D eigenvalue weighted by molar-refractivity contribution is 6.32. The molecule has 11 heteroatoms. The zero-order valence-corrected chi connectivity index (χ0v) is 15.6. The number of halogens is 5. The van der Waals surface area contributed by atoms with Crippen LogP contribution < -0.4 is 10.5 Å². The van der Waals surface area contributed by atoms with Gasteiger partial charge in [-0.3, -0.25) is 4.79 Å². The second kappa shape index (κ2) is 7.18. The predicted molar refractivity (Wildman–Crippen MR) is 97.4 cm³/mol. The molecule has 0 atom stereocenters. The summed E-state index contributed by atoms with van der Waals surface area (Å²) in [4.78, 5) is 17.8. The lowest BCUT2D eigenvalue weighted by Crippen LogP contribution is -2.35. The maximum Gasteiger partial charge on any atom is 0.416 e. The zero-order valence-electron chi connectivity index (χ0n) is 14.8. The molecule has 2 aromatic heterocycles. The molecule has 152 valence electrons. The molecule has 0 saturated heterocycles. The van der Waals surface area contributed by atoms with Crippen molar-refractivity contribution in [2.24, 2.45) is 0 Å². The first kappa shape index (κ1) is 19.4. The second-order valence-corrected chi connectivity index (χ2v) is 6.99. The Balaban J connectivity index is 1.62. The van der Waals surface area contributed by atoms with Crippen LogP contribution in [0.4, 0.5) is 23.2 Å². The Kier molecular flexibility index (Phi) is 4.81. The Bertz CT molecular complexity index is 1120. The third-order valence-corrected chi connectivity index (χ3v) is 5.17. The first-order valence-corrected chi connectivity index (χ1v) is 8.99. The molecule has 3 aromatic rings. The number of alkyl halides is 3. The number of nitrogens with one attached hydrogen (secondary N) is 1. The first-order valence-electron chi connectivity index (χ1n) is 8.61. The maximum atomic E-state index is 13.6. The van der Waals surface area contributed by atoms with Crippen molar-refractivity contribution in [2.45, 2.75) is 25.7 Å². The Morgan fingerprint density at radius 2 is 2.00 bits per heavy atom. The summed E-state index contributed by atoms with van der Waals surface area (Å²) in [7, 11) is 0. The summed E-state index contributed by atoms with van der Waals surface area (Å²) in [5, 5.41) is 6.00. The van der Waals surface area contributed by atoms with Crippen LogP contribution in [0.5, 0.6) is 0 Å². The zero-order chi connectivity index (χ0) is 20.8. The fourth-order valence-corrected chi connectivity index (χ4v) is 3.66. The molecule has 0 aliphatic carbocycles. The molecule has 1 N–H and O–H groups in total. The predicted octanol–water partition coefficient (Wildman–Crippen LogP) is 3.39. The van der Waals surface area contributed by atoms with Crippen molar-refractivity contribution >= 4 is 17.3 Å². The number of rotatable bonds is 3. The fraction of sp³-hybridized carbons (Fsp3) is 0.278. The molecule has 0 fully saturated rings. The molecule has 29 heavy (non-hydrogen) atoms. The normalized spacial score (nSPS) is 14.2. The van der Waals surface area contributed by atoms with E-state index >= 15 is 0 Å². The number of nitrogens with zero attached hydrogens (tertiary/aromatic N) is 4. The van der Waals surface area contributed by atoms with Crippen LogP contribution in [0.3, 0.4) is 0 Å². The van der Waals surface area contributed by atoms with Gasteiger partial charge in [-0.2, -0.15) is 18.3 Å². The summed E-state index contributed by atoms with van der Waals surface area (Å²) in [5.41, 5.74) is -0.524. The molecule has 0 saturated carbocycles. The van der Waals surface area contributed by atoms with Crippen molar-refractivity contribution in [1.82, 2.24) is 19.7 Å². The van der Waals surface area contributed by atoms with Crippen LogP contribution in [0, 0.1) is 5.82 Å². The van der Waals surface area contributed by atoms with Crippen LogP contribution in [0.25, 0.3) is 0 Å². The van der Waals surface area contributed by atoms with E-state index in [9.17, 15) is 22.4 Å². The highest BCUT2D eigenvalue weighted by Crippen LogP contribution is 2.34. The molecule has 0 spiro atoms. The van der Waals surface area contributed by atoms with E-state index in [1.54, 1.807) is 4.57 Å². The summed E-state index contributed by atoms with van der Waals surface area (Å²) in [6.07, 6.45) is -1.76. The van der Waals surface area contributed by atoms with Crippen molar-refractivity contribution in [3.05, 3.63) is 74.4 Å². The van der Waals surface area contributed by atoms with Gasteiger partial charge in [0.2, 0.25) is 0 Å². The minimum atomic E-state index is -4.57. The molecular formula is C18H14ClF4N5O. The van der Waals surface area contributed by atoms with Crippen molar-refractivity contribution < 1.29 is 17.6 Å². The van der Waals surface area contributed by atoms with Crippen LogP contribution in [0.15, 0.2) is 35.4 Å². The third-order valence-electron chi connectivity index (χ3n) is 4.81. The SMILES string of the molecule is O=c1[nH]ncc(N2CCn3c(Cc4cc(F)ccc4C(F)(F)F)cnc3C2)c1Cl. The van der Waals surface area contributed by atoms with E-state index in [2.05, 4.69) is 15.2 Å². The quantitative estimate of drug-likeness (QED) is 0.651. The second-order valence-electron chi connectivity index (χ2n) is 6.61. The maximum absolute atomic E-state index is 13.6. The van der Waals surface area contributed by atoms with Gasteiger partial charge in [0.1, 0.15) is 16.7 Å². The number of anilines is 1. The number of hydrogen-bond donors (Lipinski definition) is 1. The molecule has 0 radical (unpaired) electrons. The molecule has 3 heterocycles. The molecule has 4 rings (SSSR count). The van der Waals surface area contributed by atoms with E-state index < -0.39 is 23.1 Å². The summed E-state index contributed by atoms with van der Waals surface area (Å²) in [6, 6.07) is 2.46. The Hall–Kier alpha value is -2.88. The van der Waals surface area contributed by atoms with Crippen LogP contribution in [-0.4, -0.2) is 26.3 Å². The Labute approximate surface area is 166 Å². The van der Waals surface area contributed by atoms with E-state index in [-0.39, 0.29) is 17.0 Å². The Morgan fingerprint density at radius 1 is 1.21 bits per heavy atom. The number of benzene rings is 1. The standard InChI is InChI=1S/C18H14ClF4N5O/c19-16-14(8-25-26-17(16)29)27-3-4-28-12(7-24-15(28)9-27)6-10-5-11(20)1-2-13(10)18(21,22)23/h1-2,5,7-8H,3-4,6,9H2,(H,26,29). The van der Waals surface area contributed by atoms with Gasteiger partial charge in [-0.25, -0.2) is 14.5 Å². The van der Waals surface area contributed by atoms with E-state index in [1.807, 2.05) is 4.90 Å². The number of aromatic amines is 1. The summed E-state index contributed by atoms with van der Waals surface area (Å²) in [6.45, 7) is 1.18. The topological polar surface area (TPSA) is 66.8 Å². The highest BCUT2D eigenvalue weighted by Gasteiger charge is 2.34. The number of aromatic nitrogens is 4. The van der Waals surface area contributed by atoms with E-state index in [0.29, 0.717) is 36.8 Å². The number of fused-ring (bicyclic) bond motifs is 1. The summed E-state index contributed by atoms with van der Waals surface area (Å²) in [5.74, 6) is -0.124. The number of imidazole rings is 1. The molecule has 0 amide bonds. The minimum Gasteiger partial charge on any atom is -0.360 e. The summed E-state index contributed by atoms with van der Waals surface area (Å²) >= 11 is 6.05. The van der Waals surface area contributed by atoms with Crippen LogP contribution >= 0.6 is 11.6 Å². The average molecular weight is 428 g/mol. The van der Waals surface area contributed by atoms with Gasteiger partial charge in [0.05, 0.1) is 24.0 Å². The lowest BCUT2D eigenvalue weighted by molar-refractivity contribution is -0.138. The largest absolute Gasteiger partial charge is 0.416 e. The van der Waals surface area contributed by atoms with Gasteiger partial charge in [-0.1, -0.05) is 11.6 Å². The number of hydrogen-bond acceptors (Lipinski definition) is 4. The molecule has 0 bridgehead atoms. The first-order chi connectivity index (χ1) is 13.7. The molecule has 0 unspecified atom stereocenters.